The summed E-state index contributed by atoms with van der Waals surface area (Å²) < 4.78 is 5.30. The van der Waals surface area contributed by atoms with Crippen LogP contribution in [-0.4, -0.2) is 37.2 Å². The average Bonchev–Trinajstić information content (AvgIpc) is 3.48. The second-order valence-electron chi connectivity index (χ2n) is 7.44. The minimum absolute atomic E-state index is 0.689. The summed E-state index contributed by atoms with van der Waals surface area (Å²) >= 11 is 0. The van der Waals surface area contributed by atoms with Gasteiger partial charge in [-0.05, 0) is 42.5 Å². The number of aromatic amines is 2. The molecule has 0 aliphatic heterocycles. The molecule has 7 nitrogen and oxygen atoms in total. The molecule has 0 unspecified atom stereocenters. The fourth-order valence-electron chi connectivity index (χ4n) is 3.95. The van der Waals surface area contributed by atoms with Crippen LogP contribution < -0.4 is 4.74 Å². The highest BCUT2D eigenvalue weighted by Crippen LogP contribution is 2.33. The van der Waals surface area contributed by atoms with Crippen LogP contribution in [0.15, 0.2) is 79.3 Å². The van der Waals surface area contributed by atoms with Crippen molar-refractivity contribution in [1.82, 2.24) is 30.1 Å². The van der Waals surface area contributed by atoms with Gasteiger partial charge in [-0.2, -0.15) is 5.10 Å². The van der Waals surface area contributed by atoms with Gasteiger partial charge in [0.05, 0.1) is 35.9 Å². The quantitative estimate of drug-likeness (QED) is 0.408. The van der Waals surface area contributed by atoms with Gasteiger partial charge in [0.1, 0.15) is 17.0 Å². The molecule has 0 bridgehead atoms. The number of rotatable bonds is 4. The summed E-state index contributed by atoms with van der Waals surface area (Å²) in [7, 11) is 1.63. The van der Waals surface area contributed by atoms with Crippen LogP contribution in [0.2, 0.25) is 0 Å². The molecule has 0 saturated carbocycles. The van der Waals surface area contributed by atoms with Crippen molar-refractivity contribution in [3.63, 3.8) is 0 Å². The molecule has 6 aromatic rings. The molecule has 0 radical (unpaired) electrons. The van der Waals surface area contributed by atoms with E-state index in [9.17, 15) is 0 Å². The lowest BCUT2D eigenvalue weighted by atomic mass is 10.1. The third kappa shape index (κ3) is 2.99. The van der Waals surface area contributed by atoms with Crippen molar-refractivity contribution < 1.29 is 4.74 Å². The molecule has 5 heterocycles. The van der Waals surface area contributed by atoms with Gasteiger partial charge < -0.3 is 9.72 Å². The highest BCUT2D eigenvalue weighted by Gasteiger charge is 2.15. The number of hydrogen-bond acceptors (Lipinski definition) is 5. The van der Waals surface area contributed by atoms with E-state index in [1.807, 2.05) is 48.7 Å². The number of aromatic nitrogens is 6. The molecule has 5 aromatic heterocycles. The van der Waals surface area contributed by atoms with Crippen molar-refractivity contribution in [3.05, 3.63) is 79.3 Å². The van der Waals surface area contributed by atoms with Gasteiger partial charge in [0.15, 0.2) is 0 Å². The van der Waals surface area contributed by atoms with E-state index >= 15 is 0 Å². The van der Waals surface area contributed by atoms with Crippen molar-refractivity contribution in [2.45, 2.75) is 0 Å². The van der Waals surface area contributed by atoms with Crippen molar-refractivity contribution in [2.75, 3.05) is 7.11 Å². The third-order valence-electron chi connectivity index (χ3n) is 5.51. The van der Waals surface area contributed by atoms with E-state index in [1.165, 1.54) is 0 Å². The molecule has 32 heavy (non-hydrogen) atoms. The fraction of sp³-hybridized carbons (Fsp3) is 0.0400. The number of H-pyrrole nitrogens is 2. The van der Waals surface area contributed by atoms with Gasteiger partial charge >= 0.3 is 0 Å². The minimum Gasteiger partial charge on any atom is -0.495 e. The highest BCUT2D eigenvalue weighted by atomic mass is 16.5. The third-order valence-corrected chi connectivity index (χ3v) is 5.51. The summed E-state index contributed by atoms with van der Waals surface area (Å²) in [6.45, 7) is 0. The van der Waals surface area contributed by atoms with E-state index in [-0.39, 0.29) is 0 Å². The first kappa shape index (κ1) is 18.3. The van der Waals surface area contributed by atoms with Crippen molar-refractivity contribution in [2.24, 2.45) is 0 Å². The Kier molecular flexibility index (Phi) is 4.18. The maximum Gasteiger partial charge on any atom is 0.137 e. The molecule has 0 amide bonds. The number of benzene rings is 1. The van der Waals surface area contributed by atoms with Gasteiger partial charge in [-0.3, -0.25) is 15.1 Å². The van der Waals surface area contributed by atoms with Crippen LogP contribution in [0.3, 0.4) is 0 Å². The van der Waals surface area contributed by atoms with Gasteiger partial charge in [0, 0.05) is 34.4 Å². The molecule has 154 valence electrons. The van der Waals surface area contributed by atoms with Crippen LogP contribution in [-0.2, 0) is 0 Å². The molecule has 0 aliphatic carbocycles. The first-order valence-electron chi connectivity index (χ1n) is 10.2. The maximum absolute atomic E-state index is 5.30. The van der Waals surface area contributed by atoms with E-state index in [2.05, 4.69) is 43.3 Å². The summed E-state index contributed by atoms with van der Waals surface area (Å²) in [5.74, 6) is 0.689. The fourth-order valence-corrected chi connectivity index (χ4v) is 3.95. The van der Waals surface area contributed by atoms with Crippen molar-refractivity contribution in [3.8, 4) is 39.7 Å². The number of pyridine rings is 3. The summed E-state index contributed by atoms with van der Waals surface area (Å²) in [6.07, 6.45) is 5.26. The van der Waals surface area contributed by atoms with E-state index in [0.717, 1.165) is 55.8 Å². The second kappa shape index (κ2) is 7.31. The van der Waals surface area contributed by atoms with Crippen LogP contribution in [0, 0.1) is 0 Å². The van der Waals surface area contributed by atoms with E-state index in [0.29, 0.717) is 5.75 Å². The Morgan fingerprint density at radius 3 is 2.72 bits per heavy atom. The molecule has 0 fully saturated rings. The SMILES string of the molecule is COc1cncc(-c2ccc3[nH]nc(-c4cc5c(-c6ccccn6)cccc5[nH]4)c3n2)c1. The summed E-state index contributed by atoms with van der Waals surface area (Å²) in [6, 6.07) is 20.1. The molecule has 7 heteroatoms. The lowest BCUT2D eigenvalue weighted by Gasteiger charge is -2.04. The predicted molar refractivity (Wildman–Crippen MR) is 124 cm³/mol. The van der Waals surface area contributed by atoms with Crippen LogP contribution in [0.5, 0.6) is 5.75 Å². The van der Waals surface area contributed by atoms with Crippen LogP contribution in [0.1, 0.15) is 0 Å². The Bertz CT molecular complexity index is 1570. The van der Waals surface area contributed by atoms with Crippen molar-refractivity contribution >= 4 is 21.9 Å². The molecule has 1 aromatic carbocycles. The lowest BCUT2D eigenvalue weighted by molar-refractivity contribution is 0.413. The van der Waals surface area contributed by atoms with E-state index in [4.69, 9.17) is 9.72 Å². The van der Waals surface area contributed by atoms with Crippen LogP contribution >= 0.6 is 0 Å². The monoisotopic (exact) mass is 418 g/mol. The van der Waals surface area contributed by atoms with Crippen molar-refractivity contribution in [1.29, 1.82) is 0 Å². The van der Waals surface area contributed by atoms with Gasteiger partial charge in [0.2, 0.25) is 0 Å². The molecule has 0 atom stereocenters. The Morgan fingerprint density at radius 1 is 0.875 bits per heavy atom. The number of nitrogens with one attached hydrogen (secondary N) is 2. The number of hydrogen-bond donors (Lipinski definition) is 2. The standard InChI is InChI=1S/C25H18N6O/c1-32-16-11-15(13-26-14-16)19-8-9-22-24(29-19)25(31-30-22)23-12-18-17(5-4-7-21(18)28-23)20-6-2-3-10-27-20/h2-14,28H,1H3,(H,30,31). The number of nitrogens with zero attached hydrogens (tertiary/aromatic N) is 4. The normalized spacial score (nSPS) is 11.3. The Hall–Kier alpha value is -4.52. The minimum atomic E-state index is 0.689. The lowest BCUT2D eigenvalue weighted by Crippen LogP contribution is -1.89. The molecular formula is C25H18N6O. The second-order valence-corrected chi connectivity index (χ2v) is 7.44. The Balaban J connectivity index is 1.50. The summed E-state index contributed by atoms with van der Waals surface area (Å²) in [5.41, 5.74) is 8.02. The maximum atomic E-state index is 5.30. The average molecular weight is 418 g/mol. The molecule has 2 N–H and O–H groups in total. The summed E-state index contributed by atoms with van der Waals surface area (Å²) in [5, 5.41) is 8.74. The van der Waals surface area contributed by atoms with E-state index in [1.54, 1.807) is 19.5 Å². The van der Waals surface area contributed by atoms with Crippen LogP contribution in [0.25, 0.3) is 55.8 Å². The smallest absolute Gasteiger partial charge is 0.137 e. The Labute approximate surface area is 183 Å². The molecular weight excluding hydrogens is 400 g/mol. The van der Waals surface area contributed by atoms with E-state index < -0.39 is 0 Å². The largest absolute Gasteiger partial charge is 0.495 e. The first-order chi connectivity index (χ1) is 15.8. The predicted octanol–water partition coefficient (Wildman–Crippen LogP) is 5.24. The molecule has 6 rings (SSSR count). The summed E-state index contributed by atoms with van der Waals surface area (Å²) in [4.78, 5) is 17.1. The number of ether oxygens (including phenoxy) is 1. The van der Waals surface area contributed by atoms with Gasteiger partial charge in [-0.25, -0.2) is 4.98 Å². The van der Waals surface area contributed by atoms with Gasteiger partial charge in [-0.1, -0.05) is 18.2 Å². The zero-order valence-electron chi connectivity index (χ0n) is 17.2. The van der Waals surface area contributed by atoms with Crippen LogP contribution in [0.4, 0.5) is 0 Å². The molecule has 0 aliphatic rings. The van der Waals surface area contributed by atoms with Gasteiger partial charge in [-0.15, -0.1) is 0 Å². The zero-order chi connectivity index (χ0) is 21.5. The zero-order valence-corrected chi connectivity index (χ0v) is 17.2. The molecule has 0 spiro atoms. The first-order valence-corrected chi connectivity index (χ1v) is 10.2. The molecule has 0 saturated heterocycles. The highest BCUT2D eigenvalue weighted by molar-refractivity contribution is 6.00. The van der Waals surface area contributed by atoms with Gasteiger partial charge in [0.25, 0.3) is 0 Å². The number of methoxy groups -OCH3 is 1. The number of fused-ring (bicyclic) bond motifs is 2. The topological polar surface area (TPSA) is 92.4 Å². The Morgan fingerprint density at radius 2 is 1.84 bits per heavy atom.